The van der Waals surface area contributed by atoms with E-state index in [4.69, 9.17) is 21.1 Å². The minimum absolute atomic E-state index is 0. The van der Waals surface area contributed by atoms with Gasteiger partial charge in [0, 0.05) is 19.6 Å². The van der Waals surface area contributed by atoms with E-state index in [-0.39, 0.29) is 78.9 Å². The van der Waals surface area contributed by atoms with E-state index >= 15 is 0 Å². The molecule has 0 bridgehead atoms. The van der Waals surface area contributed by atoms with Crippen LogP contribution in [0.15, 0.2) is 0 Å². The Morgan fingerprint density at radius 3 is 1.20 bits per heavy atom. The van der Waals surface area contributed by atoms with Crippen LogP contribution in [-0.2, 0) is 0 Å². The van der Waals surface area contributed by atoms with E-state index in [0.717, 1.165) is 6.54 Å². The molecule has 25 heavy (non-hydrogen) atoms. The van der Waals surface area contributed by atoms with Crippen molar-refractivity contribution in [3.05, 3.63) is 0 Å². The van der Waals surface area contributed by atoms with Gasteiger partial charge in [0.2, 0.25) is 0 Å². The molecule has 146 valence electrons. The molecule has 0 heterocycles. The van der Waals surface area contributed by atoms with E-state index in [1.807, 2.05) is 0 Å². The third kappa shape index (κ3) is 33.8. The van der Waals surface area contributed by atoms with Crippen molar-refractivity contribution in [2.75, 3.05) is 46.0 Å². The van der Waals surface area contributed by atoms with Crippen LogP contribution >= 0.6 is 0 Å². The summed E-state index contributed by atoms with van der Waals surface area (Å²) in [5.74, 6) is 0. The molecule has 0 atom stereocenters. The quantitative estimate of drug-likeness (QED) is 0.235. The van der Waals surface area contributed by atoms with Crippen LogP contribution in [0.1, 0.15) is 71.1 Å². The maximum atomic E-state index is 8.48. The summed E-state index contributed by atoms with van der Waals surface area (Å²) in [4.78, 5) is 1.79. The van der Waals surface area contributed by atoms with Crippen molar-refractivity contribution in [2.24, 2.45) is 5.73 Å². The molecule has 0 saturated carbocycles. The number of nitrogens with zero attached hydrogens (tertiary/aromatic N) is 1. The summed E-state index contributed by atoms with van der Waals surface area (Å²) in [6.07, 6.45) is 13.9. The SMILES string of the molecule is CCCCCCCCCCCCN.OCCN(CCO)CCO.[NaH].[NaH]. The van der Waals surface area contributed by atoms with Crippen LogP contribution in [0.25, 0.3) is 0 Å². The van der Waals surface area contributed by atoms with Gasteiger partial charge in [0.25, 0.3) is 0 Å². The van der Waals surface area contributed by atoms with Crippen molar-refractivity contribution < 1.29 is 15.3 Å². The molecule has 0 unspecified atom stereocenters. The van der Waals surface area contributed by atoms with Gasteiger partial charge in [-0.05, 0) is 13.0 Å². The molecule has 7 heteroatoms. The molecule has 5 N–H and O–H groups in total. The minimum atomic E-state index is 0. The molecule has 0 aliphatic carbocycles. The Labute approximate surface area is 200 Å². The van der Waals surface area contributed by atoms with Gasteiger partial charge < -0.3 is 21.1 Å². The summed E-state index contributed by atoms with van der Waals surface area (Å²) >= 11 is 0. The first-order valence-electron chi connectivity index (χ1n) is 9.51. The molecule has 0 aromatic heterocycles. The summed E-state index contributed by atoms with van der Waals surface area (Å²) < 4.78 is 0. The Bertz CT molecular complexity index is 181. The zero-order valence-corrected chi connectivity index (χ0v) is 15.4. The van der Waals surface area contributed by atoms with Crippen LogP contribution in [-0.4, -0.2) is 125 Å². The first kappa shape index (κ1) is 34.3. The Hall–Kier alpha value is 1.80. The number of aliphatic hydroxyl groups excluding tert-OH is 3. The topological polar surface area (TPSA) is 90.0 Å². The first-order chi connectivity index (χ1) is 11.3. The predicted molar refractivity (Wildman–Crippen MR) is 113 cm³/mol. The molecule has 0 aromatic carbocycles. The molecule has 5 nitrogen and oxygen atoms in total. The molecule has 0 amide bonds. The van der Waals surface area contributed by atoms with E-state index in [1.165, 1.54) is 64.2 Å². The van der Waals surface area contributed by atoms with Crippen molar-refractivity contribution in [1.29, 1.82) is 0 Å². The van der Waals surface area contributed by atoms with Crippen LogP contribution in [0.4, 0.5) is 0 Å². The Morgan fingerprint density at radius 2 is 0.920 bits per heavy atom. The first-order valence-corrected chi connectivity index (χ1v) is 9.51. The van der Waals surface area contributed by atoms with Crippen LogP contribution in [0, 0.1) is 0 Å². The van der Waals surface area contributed by atoms with Gasteiger partial charge in [-0.3, -0.25) is 4.90 Å². The number of hydrogen-bond donors (Lipinski definition) is 4. The second kappa shape index (κ2) is 33.4. The third-order valence-corrected chi connectivity index (χ3v) is 3.81. The molecule has 0 aliphatic heterocycles. The van der Waals surface area contributed by atoms with Crippen molar-refractivity contribution in [3.8, 4) is 0 Å². The molecular weight excluding hydrogens is 338 g/mol. The predicted octanol–water partition coefficient (Wildman–Crippen LogP) is 0.834. The summed E-state index contributed by atoms with van der Waals surface area (Å²) in [5, 5.41) is 25.5. The summed E-state index contributed by atoms with van der Waals surface area (Å²) in [6.45, 7) is 4.90. The van der Waals surface area contributed by atoms with Crippen molar-refractivity contribution in [2.45, 2.75) is 71.1 Å². The fourth-order valence-electron chi connectivity index (χ4n) is 2.39. The standard InChI is InChI=1S/C12H27N.C6H15NO3.2Na.2H/c1-2-3-4-5-6-7-8-9-10-11-12-13;8-4-1-7(2-5-9)3-6-10;;;;/h2-13H2,1H3;8-10H,1-6H2;;;;. The summed E-state index contributed by atoms with van der Waals surface area (Å²) in [6, 6.07) is 0. The van der Waals surface area contributed by atoms with Gasteiger partial charge in [-0.25, -0.2) is 0 Å². The zero-order valence-electron chi connectivity index (χ0n) is 15.4. The summed E-state index contributed by atoms with van der Waals surface area (Å²) in [7, 11) is 0. The van der Waals surface area contributed by atoms with Crippen molar-refractivity contribution in [1.82, 2.24) is 4.90 Å². The van der Waals surface area contributed by atoms with Gasteiger partial charge in [-0.15, -0.1) is 0 Å². The Balaban J connectivity index is -0.000000168. The van der Waals surface area contributed by atoms with Gasteiger partial charge in [-0.2, -0.15) is 0 Å². The normalized spacial score (nSPS) is 9.84. The van der Waals surface area contributed by atoms with Crippen LogP contribution < -0.4 is 5.73 Å². The Morgan fingerprint density at radius 1 is 0.600 bits per heavy atom. The van der Waals surface area contributed by atoms with Gasteiger partial charge in [0.05, 0.1) is 19.8 Å². The molecule has 0 spiro atoms. The molecule has 0 aromatic rings. The number of unbranched alkanes of at least 4 members (excludes halogenated alkanes) is 9. The molecule has 0 fully saturated rings. The second-order valence-electron chi connectivity index (χ2n) is 5.98. The van der Waals surface area contributed by atoms with Gasteiger partial charge in [0.1, 0.15) is 0 Å². The number of rotatable bonds is 16. The van der Waals surface area contributed by atoms with Gasteiger partial charge >= 0.3 is 59.1 Å². The van der Waals surface area contributed by atoms with Gasteiger partial charge in [-0.1, -0.05) is 64.7 Å². The molecule has 0 aliphatic rings. The summed E-state index contributed by atoms with van der Waals surface area (Å²) in [5.41, 5.74) is 5.42. The zero-order chi connectivity index (χ0) is 17.6. The average molecular weight is 383 g/mol. The number of hydrogen-bond acceptors (Lipinski definition) is 5. The van der Waals surface area contributed by atoms with Crippen LogP contribution in [0.2, 0.25) is 0 Å². The Kier molecular flexibility index (Phi) is 45.8. The van der Waals surface area contributed by atoms with Crippen LogP contribution in [0.5, 0.6) is 0 Å². The monoisotopic (exact) mass is 382 g/mol. The molecular formula is C18H44N2Na2O3. The molecule has 0 radical (unpaired) electrons. The van der Waals surface area contributed by atoms with E-state index in [0.29, 0.717) is 19.6 Å². The van der Waals surface area contributed by atoms with Crippen molar-refractivity contribution in [3.63, 3.8) is 0 Å². The van der Waals surface area contributed by atoms with Gasteiger partial charge in [0.15, 0.2) is 0 Å². The van der Waals surface area contributed by atoms with Crippen LogP contribution in [0.3, 0.4) is 0 Å². The maximum absolute atomic E-state index is 8.48. The molecule has 0 saturated heterocycles. The van der Waals surface area contributed by atoms with Crippen molar-refractivity contribution >= 4 is 59.1 Å². The fraction of sp³-hybridized carbons (Fsp3) is 1.00. The van der Waals surface area contributed by atoms with E-state index in [2.05, 4.69) is 6.92 Å². The van der Waals surface area contributed by atoms with E-state index in [1.54, 1.807) is 4.90 Å². The number of aliphatic hydroxyl groups is 3. The second-order valence-corrected chi connectivity index (χ2v) is 5.98. The van der Waals surface area contributed by atoms with E-state index in [9.17, 15) is 0 Å². The number of nitrogens with two attached hydrogens (primary N) is 1. The fourth-order valence-corrected chi connectivity index (χ4v) is 2.39. The third-order valence-electron chi connectivity index (χ3n) is 3.81. The average Bonchev–Trinajstić information content (AvgIpc) is 2.55. The van der Waals surface area contributed by atoms with E-state index < -0.39 is 0 Å². The molecule has 0 rings (SSSR count).